The van der Waals surface area contributed by atoms with Crippen LogP contribution in [-0.2, 0) is 10.3 Å². The fourth-order valence-corrected chi connectivity index (χ4v) is 2.96. The summed E-state index contributed by atoms with van der Waals surface area (Å²) in [5, 5.41) is 9.19. The minimum Gasteiger partial charge on any atom is -0.479 e. The summed E-state index contributed by atoms with van der Waals surface area (Å²) in [7, 11) is -0.00344. The zero-order valence-electron chi connectivity index (χ0n) is 15.4. The van der Waals surface area contributed by atoms with Gasteiger partial charge in [-0.05, 0) is 38.5 Å². The van der Waals surface area contributed by atoms with Crippen LogP contribution >= 0.6 is 0 Å². The molecule has 1 N–H and O–H groups in total. The molecule has 3 rings (SSSR count). The van der Waals surface area contributed by atoms with E-state index in [1.54, 1.807) is 4.90 Å². The first-order chi connectivity index (χ1) is 12.3. The van der Waals surface area contributed by atoms with Crippen LogP contribution in [0.1, 0.15) is 26.3 Å². The third-order valence-corrected chi connectivity index (χ3v) is 4.26. The number of hydrogen-bond acceptors (Lipinski definition) is 4. The molecule has 0 atom stereocenters. The van der Waals surface area contributed by atoms with Gasteiger partial charge in [-0.2, -0.15) is 0 Å². The molecular formula is C20H24BNO4. The van der Waals surface area contributed by atoms with Gasteiger partial charge in [0.2, 0.25) is 0 Å². The summed E-state index contributed by atoms with van der Waals surface area (Å²) in [5.41, 5.74) is 0.725. The van der Waals surface area contributed by atoms with Crippen LogP contribution in [0.5, 0.6) is 5.75 Å². The molecule has 0 bridgehead atoms. The van der Waals surface area contributed by atoms with Gasteiger partial charge in [-0.15, -0.1) is 0 Å². The monoisotopic (exact) mass is 353 g/mol. The predicted octanol–water partition coefficient (Wildman–Crippen LogP) is 2.18. The van der Waals surface area contributed by atoms with Crippen molar-refractivity contribution >= 4 is 19.0 Å². The third kappa shape index (κ3) is 4.02. The van der Waals surface area contributed by atoms with Gasteiger partial charge in [-0.1, -0.05) is 47.9 Å². The van der Waals surface area contributed by atoms with Gasteiger partial charge in [0.25, 0.3) is 0 Å². The highest BCUT2D eigenvalue weighted by Crippen LogP contribution is 2.37. The Morgan fingerprint density at radius 1 is 1.08 bits per heavy atom. The maximum absolute atomic E-state index is 12.3. The minimum atomic E-state index is -0.598. The van der Waals surface area contributed by atoms with E-state index in [0.29, 0.717) is 18.8 Å². The van der Waals surface area contributed by atoms with Crippen molar-refractivity contribution in [3.8, 4) is 5.75 Å². The second-order valence-corrected chi connectivity index (χ2v) is 7.60. The molecule has 0 saturated carbocycles. The van der Waals surface area contributed by atoms with Gasteiger partial charge in [0, 0.05) is 0 Å². The summed E-state index contributed by atoms with van der Waals surface area (Å²) in [6.45, 7) is 6.42. The van der Waals surface area contributed by atoms with Crippen LogP contribution in [0.2, 0.25) is 0 Å². The number of benzene rings is 2. The summed E-state index contributed by atoms with van der Waals surface area (Å²) in [4.78, 5) is 14.0. The van der Waals surface area contributed by atoms with E-state index in [2.05, 4.69) is 0 Å². The zero-order valence-corrected chi connectivity index (χ0v) is 15.4. The highest BCUT2D eigenvalue weighted by atomic mass is 16.6. The van der Waals surface area contributed by atoms with Crippen molar-refractivity contribution in [2.75, 3.05) is 13.1 Å². The summed E-state index contributed by atoms with van der Waals surface area (Å²) >= 11 is 0. The lowest BCUT2D eigenvalue weighted by atomic mass is 9.85. The van der Waals surface area contributed by atoms with Crippen LogP contribution in [-0.4, -0.2) is 42.2 Å². The van der Waals surface area contributed by atoms with E-state index in [0.717, 1.165) is 11.0 Å². The molecule has 0 unspecified atom stereocenters. The number of hydrogen-bond donors (Lipinski definition) is 1. The molecule has 2 aromatic rings. The van der Waals surface area contributed by atoms with Crippen molar-refractivity contribution in [2.45, 2.75) is 32.0 Å². The molecule has 1 heterocycles. The smallest absolute Gasteiger partial charge is 0.410 e. The van der Waals surface area contributed by atoms with Gasteiger partial charge in [0.05, 0.1) is 13.1 Å². The van der Waals surface area contributed by atoms with E-state index in [9.17, 15) is 9.82 Å². The van der Waals surface area contributed by atoms with Crippen molar-refractivity contribution in [3.05, 3.63) is 60.2 Å². The fourth-order valence-electron chi connectivity index (χ4n) is 2.96. The topological polar surface area (TPSA) is 59.0 Å². The van der Waals surface area contributed by atoms with E-state index in [-0.39, 0.29) is 13.6 Å². The quantitative estimate of drug-likeness (QED) is 0.856. The molecule has 1 amide bonds. The van der Waals surface area contributed by atoms with Crippen LogP contribution in [0.15, 0.2) is 54.6 Å². The van der Waals surface area contributed by atoms with E-state index >= 15 is 0 Å². The lowest BCUT2D eigenvalue weighted by Gasteiger charge is -2.49. The molecule has 1 fully saturated rings. The maximum atomic E-state index is 12.3. The molecule has 1 aliphatic rings. The second-order valence-electron chi connectivity index (χ2n) is 7.60. The van der Waals surface area contributed by atoms with Crippen molar-refractivity contribution in [1.82, 2.24) is 4.90 Å². The maximum Gasteiger partial charge on any atom is 0.410 e. The Balaban J connectivity index is 1.78. The van der Waals surface area contributed by atoms with Crippen LogP contribution < -0.4 is 10.2 Å². The molecule has 1 saturated heterocycles. The molecular weight excluding hydrogens is 329 g/mol. The van der Waals surface area contributed by atoms with Crippen LogP contribution in [0.3, 0.4) is 0 Å². The number of rotatable bonds is 4. The molecule has 0 aliphatic carbocycles. The molecule has 5 nitrogen and oxygen atoms in total. The Bertz CT molecular complexity index is 750. The molecule has 0 aromatic heterocycles. The van der Waals surface area contributed by atoms with Crippen molar-refractivity contribution < 1.29 is 19.3 Å². The average molecular weight is 353 g/mol. The Morgan fingerprint density at radius 2 is 1.69 bits per heavy atom. The van der Waals surface area contributed by atoms with Gasteiger partial charge in [0.1, 0.15) is 11.4 Å². The van der Waals surface area contributed by atoms with E-state index in [4.69, 9.17) is 9.47 Å². The van der Waals surface area contributed by atoms with Gasteiger partial charge >= 0.3 is 13.6 Å². The van der Waals surface area contributed by atoms with E-state index in [1.807, 2.05) is 75.4 Å². The SMILES string of the molecule is CC(C)(C)OC(=O)N1CC(Oc2ccc(BO)cc2)(c2ccccc2)C1. The van der Waals surface area contributed by atoms with Crippen LogP contribution in [0, 0.1) is 0 Å². The predicted molar refractivity (Wildman–Crippen MR) is 102 cm³/mol. The van der Waals surface area contributed by atoms with Crippen LogP contribution in [0.25, 0.3) is 0 Å². The Hall–Kier alpha value is -2.47. The van der Waals surface area contributed by atoms with Crippen LogP contribution in [0.4, 0.5) is 4.79 Å². The Kier molecular flexibility index (Phi) is 4.96. The summed E-state index contributed by atoms with van der Waals surface area (Å²) in [5.74, 6) is 0.704. The van der Waals surface area contributed by atoms with E-state index < -0.39 is 11.2 Å². The number of ether oxygens (including phenoxy) is 2. The number of nitrogens with zero attached hydrogens (tertiary/aromatic N) is 1. The van der Waals surface area contributed by atoms with E-state index in [1.165, 1.54) is 0 Å². The number of carbonyl (C=O) groups is 1. The minimum absolute atomic E-state index is 0.00344. The summed E-state index contributed by atoms with van der Waals surface area (Å²) in [6, 6.07) is 17.2. The van der Waals surface area contributed by atoms with Crippen molar-refractivity contribution in [3.63, 3.8) is 0 Å². The van der Waals surface area contributed by atoms with Gasteiger partial charge in [-0.3, -0.25) is 4.90 Å². The largest absolute Gasteiger partial charge is 0.479 e. The highest BCUT2D eigenvalue weighted by Gasteiger charge is 2.50. The standard InChI is InChI=1S/C20H24BNO4/c1-19(2,3)26-18(23)22-13-20(14-22,15-7-5-4-6-8-15)25-17-11-9-16(21-24)10-12-17/h4-12,21,24H,13-14H2,1-3H3. The molecule has 0 radical (unpaired) electrons. The molecule has 2 aromatic carbocycles. The Labute approximate surface area is 154 Å². The van der Waals surface area contributed by atoms with Crippen molar-refractivity contribution in [2.24, 2.45) is 0 Å². The molecule has 6 heteroatoms. The first kappa shape index (κ1) is 18.3. The fraction of sp³-hybridized carbons (Fsp3) is 0.350. The Morgan fingerprint density at radius 3 is 2.23 bits per heavy atom. The average Bonchev–Trinajstić information content (AvgIpc) is 2.57. The number of amides is 1. The molecule has 26 heavy (non-hydrogen) atoms. The summed E-state index contributed by atoms with van der Waals surface area (Å²) in [6.07, 6.45) is -0.330. The number of likely N-dealkylation sites (tertiary alicyclic amines) is 1. The molecule has 136 valence electrons. The summed E-state index contributed by atoms with van der Waals surface area (Å²) < 4.78 is 11.8. The van der Waals surface area contributed by atoms with Gasteiger partial charge in [0.15, 0.2) is 5.60 Å². The zero-order chi connectivity index (χ0) is 18.8. The lowest BCUT2D eigenvalue weighted by molar-refractivity contribution is -0.0863. The lowest BCUT2D eigenvalue weighted by Crippen LogP contribution is -2.64. The highest BCUT2D eigenvalue weighted by molar-refractivity contribution is 6.45. The van der Waals surface area contributed by atoms with Gasteiger partial charge < -0.3 is 14.5 Å². The number of carbonyl (C=O) groups excluding carboxylic acids is 1. The first-order valence-electron chi connectivity index (χ1n) is 8.74. The van der Waals surface area contributed by atoms with Crippen molar-refractivity contribution in [1.29, 1.82) is 0 Å². The van der Waals surface area contributed by atoms with Gasteiger partial charge in [-0.25, -0.2) is 4.79 Å². The first-order valence-corrected chi connectivity index (χ1v) is 8.74. The second kappa shape index (κ2) is 7.04. The normalized spacial score (nSPS) is 15.8. The molecule has 0 spiro atoms. The third-order valence-electron chi connectivity index (χ3n) is 4.26. The molecule has 1 aliphatic heterocycles.